The molecule has 0 saturated heterocycles. The van der Waals surface area contributed by atoms with E-state index in [4.69, 9.17) is 10.5 Å². The number of thioether (sulfide) groups is 1. The van der Waals surface area contributed by atoms with Crippen molar-refractivity contribution in [2.45, 2.75) is 31.3 Å². The van der Waals surface area contributed by atoms with Crippen LogP contribution in [0.25, 0.3) is 0 Å². The standard InChI is InChI=1S/C9H16N4OS/c1-3-4-5-6-15-9-12-7(10)11-8(13-9)14-2/h3-6H2,1-2H3,(H2,10,11,12,13). The molecule has 0 spiro atoms. The average Bonchev–Trinajstić information content (AvgIpc) is 2.23. The van der Waals surface area contributed by atoms with E-state index in [9.17, 15) is 0 Å². The minimum absolute atomic E-state index is 0.208. The van der Waals surface area contributed by atoms with Gasteiger partial charge in [0.25, 0.3) is 0 Å². The van der Waals surface area contributed by atoms with Gasteiger partial charge in [0.2, 0.25) is 5.95 Å². The summed E-state index contributed by atoms with van der Waals surface area (Å²) in [4.78, 5) is 11.9. The van der Waals surface area contributed by atoms with Gasteiger partial charge in [0.1, 0.15) is 0 Å². The number of unbranched alkanes of at least 4 members (excludes halogenated alkanes) is 2. The second-order valence-corrected chi connectivity index (χ2v) is 4.08. The first-order chi connectivity index (χ1) is 7.26. The Hall–Kier alpha value is -1.04. The molecule has 0 aliphatic rings. The number of hydrogen-bond donors (Lipinski definition) is 1. The number of hydrogen-bond acceptors (Lipinski definition) is 6. The van der Waals surface area contributed by atoms with Crippen LogP contribution in [0.1, 0.15) is 26.2 Å². The lowest BCUT2D eigenvalue weighted by atomic mass is 10.3. The predicted molar refractivity (Wildman–Crippen MR) is 61.0 cm³/mol. The smallest absolute Gasteiger partial charge is 0.321 e. The number of methoxy groups -OCH3 is 1. The van der Waals surface area contributed by atoms with Crippen LogP contribution in [-0.2, 0) is 0 Å². The van der Waals surface area contributed by atoms with Crippen molar-refractivity contribution in [1.82, 2.24) is 15.0 Å². The molecule has 0 aromatic carbocycles. The maximum atomic E-state index is 5.51. The molecule has 5 nitrogen and oxygen atoms in total. The zero-order valence-corrected chi connectivity index (χ0v) is 9.88. The van der Waals surface area contributed by atoms with Gasteiger partial charge in [-0.05, 0) is 6.42 Å². The number of nitrogen functional groups attached to an aromatic ring is 1. The van der Waals surface area contributed by atoms with Crippen LogP contribution in [0, 0.1) is 0 Å². The maximum Gasteiger partial charge on any atom is 0.321 e. The highest BCUT2D eigenvalue weighted by atomic mass is 32.2. The third-order valence-electron chi connectivity index (χ3n) is 1.77. The van der Waals surface area contributed by atoms with E-state index >= 15 is 0 Å². The van der Waals surface area contributed by atoms with Crippen LogP contribution in [0.4, 0.5) is 5.95 Å². The predicted octanol–water partition coefficient (Wildman–Crippen LogP) is 1.74. The van der Waals surface area contributed by atoms with Crippen LogP contribution >= 0.6 is 11.8 Å². The summed E-state index contributed by atoms with van der Waals surface area (Å²) in [5.41, 5.74) is 5.51. The lowest BCUT2D eigenvalue weighted by molar-refractivity contribution is 0.374. The Kier molecular flexibility index (Phi) is 5.17. The fourth-order valence-corrected chi connectivity index (χ4v) is 1.86. The van der Waals surface area contributed by atoms with Crippen molar-refractivity contribution in [2.75, 3.05) is 18.6 Å². The molecule has 0 atom stereocenters. The van der Waals surface area contributed by atoms with Crippen molar-refractivity contribution in [2.24, 2.45) is 0 Å². The molecule has 84 valence electrons. The van der Waals surface area contributed by atoms with Crippen LogP contribution < -0.4 is 10.5 Å². The molecule has 0 aliphatic heterocycles. The summed E-state index contributed by atoms with van der Waals surface area (Å²) in [6.45, 7) is 2.18. The maximum absolute atomic E-state index is 5.51. The van der Waals surface area contributed by atoms with Crippen molar-refractivity contribution in [1.29, 1.82) is 0 Å². The third-order valence-corrected chi connectivity index (χ3v) is 2.71. The van der Waals surface area contributed by atoms with Gasteiger partial charge in [0.15, 0.2) is 5.16 Å². The molecule has 1 aromatic heterocycles. The Balaban J connectivity index is 2.49. The van der Waals surface area contributed by atoms with E-state index in [0.29, 0.717) is 5.16 Å². The summed E-state index contributed by atoms with van der Waals surface area (Å²) in [5, 5.41) is 0.635. The third kappa shape index (κ3) is 4.33. The van der Waals surface area contributed by atoms with Gasteiger partial charge in [-0.2, -0.15) is 15.0 Å². The molecule has 1 aromatic rings. The summed E-state index contributed by atoms with van der Waals surface area (Å²) in [7, 11) is 1.51. The van der Waals surface area contributed by atoms with E-state index in [0.717, 1.165) is 12.2 Å². The van der Waals surface area contributed by atoms with E-state index in [1.807, 2.05) is 0 Å². The first-order valence-electron chi connectivity index (χ1n) is 4.94. The number of rotatable bonds is 6. The topological polar surface area (TPSA) is 73.9 Å². The summed E-state index contributed by atoms with van der Waals surface area (Å²) < 4.78 is 4.91. The molecule has 1 heterocycles. The Morgan fingerprint density at radius 3 is 2.73 bits per heavy atom. The number of anilines is 1. The van der Waals surface area contributed by atoms with Crippen LogP contribution in [0.5, 0.6) is 6.01 Å². The van der Waals surface area contributed by atoms with E-state index in [1.54, 1.807) is 11.8 Å². The summed E-state index contributed by atoms with van der Waals surface area (Å²) >= 11 is 1.58. The number of aromatic nitrogens is 3. The molecule has 6 heteroatoms. The van der Waals surface area contributed by atoms with Gasteiger partial charge < -0.3 is 10.5 Å². The van der Waals surface area contributed by atoms with Gasteiger partial charge in [-0.25, -0.2) is 0 Å². The molecule has 0 aliphatic carbocycles. The van der Waals surface area contributed by atoms with Gasteiger partial charge in [-0.3, -0.25) is 0 Å². The Labute approximate surface area is 93.9 Å². The highest BCUT2D eigenvalue weighted by Crippen LogP contribution is 2.17. The minimum atomic E-state index is 0.208. The lowest BCUT2D eigenvalue weighted by Gasteiger charge is -2.02. The largest absolute Gasteiger partial charge is 0.467 e. The first kappa shape index (κ1) is 12.0. The molecule has 1 rings (SSSR count). The first-order valence-corrected chi connectivity index (χ1v) is 5.93. The van der Waals surface area contributed by atoms with Crippen LogP contribution in [0.3, 0.4) is 0 Å². The molecule has 15 heavy (non-hydrogen) atoms. The summed E-state index contributed by atoms with van der Waals surface area (Å²) in [5.74, 6) is 1.21. The quantitative estimate of drug-likeness (QED) is 0.590. The number of nitrogens with zero attached hydrogens (tertiary/aromatic N) is 3. The molecule has 0 radical (unpaired) electrons. The molecule has 0 bridgehead atoms. The second-order valence-electron chi connectivity index (χ2n) is 3.02. The van der Waals surface area contributed by atoms with E-state index < -0.39 is 0 Å². The minimum Gasteiger partial charge on any atom is -0.467 e. The Bertz CT molecular complexity index is 308. The van der Waals surface area contributed by atoms with E-state index in [-0.39, 0.29) is 12.0 Å². The van der Waals surface area contributed by atoms with Crippen molar-refractivity contribution >= 4 is 17.7 Å². The fourth-order valence-electron chi connectivity index (χ4n) is 1.02. The van der Waals surface area contributed by atoms with Crippen LogP contribution in [-0.4, -0.2) is 27.8 Å². The molecular weight excluding hydrogens is 212 g/mol. The normalized spacial score (nSPS) is 10.3. The van der Waals surface area contributed by atoms with Crippen LogP contribution in [0.2, 0.25) is 0 Å². The summed E-state index contributed by atoms with van der Waals surface area (Å²) in [6.07, 6.45) is 3.60. The van der Waals surface area contributed by atoms with Crippen LogP contribution in [0.15, 0.2) is 5.16 Å². The second kappa shape index (κ2) is 6.44. The molecule has 0 amide bonds. The molecule has 0 fully saturated rings. The van der Waals surface area contributed by atoms with Gasteiger partial charge in [0.05, 0.1) is 7.11 Å². The summed E-state index contributed by atoms with van der Waals surface area (Å²) in [6, 6.07) is 0.278. The molecule has 0 unspecified atom stereocenters. The zero-order valence-electron chi connectivity index (χ0n) is 9.06. The van der Waals surface area contributed by atoms with Crippen molar-refractivity contribution < 1.29 is 4.74 Å². The molecule has 2 N–H and O–H groups in total. The van der Waals surface area contributed by atoms with E-state index in [1.165, 1.54) is 20.0 Å². The van der Waals surface area contributed by atoms with Crippen molar-refractivity contribution in [3.05, 3.63) is 0 Å². The number of nitrogens with two attached hydrogens (primary N) is 1. The fraction of sp³-hybridized carbons (Fsp3) is 0.667. The molecule has 0 saturated carbocycles. The van der Waals surface area contributed by atoms with Gasteiger partial charge in [-0.1, -0.05) is 31.5 Å². The van der Waals surface area contributed by atoms with Gasteiger partial charge in [0, 0.05) is 5.75 Å². The SMILES string of the molecule is CCCCCSc1nc(N)nc(OC)n1. The van der Waals surface area contributed by atoms with Crippen molar-refractivity contribution in [3.8, 4) is 6.01 Å². The van der Waals surface area contributed by atoms with Gasteiger partial charge in [-0.15, -0.1) is 0 Å². The Morgan fingerprint density at radius 1 is 1.27 bits per heavy atom. The lowest BCUT2D eigenvalue weighted by Crippen LogP contribution is -2.02. The average molecular weight is 228 g/mol. The highest BCUT2D eigenvalue weighted by Gasteiger charge is 2.04. The van der Waals surface area contributed by atoms with Crippen molar-refractivity contribution in [3.63, 3.8) is 0 Å². The zero-order chi connectivity index (χ0) is 11.1. The number of ether oxygens (including phenoxy) is 1. The van der Waals surface area contributed by atoms with Gasteiger partial charge >= 0.3 is 6.01 Å². The Morgan fingerprint density at radius 2 is 2.07 bits per heavy atom. The molecular formula is C9H16N4OS. The highest BCUT2D eigenvalue weighted by molar-refractivity contribution is 7.99. The van der Waals surface area contributed by atoms with E-state index in [2.05, 4.69) is 21.9 Å². The monoisotopic (exact) mass is 228 g/mol.